The molecule has 7 heteroatoms. The van der Waals surface area contributed by atoms with Gasteiger partial charge in [0.15, 0.2) is 0 Å². The van der Waals surface area contributed by atoms with Gasteiger partial charge in [0, 0.05) is 29.2 Å². The second-order valence-corrected chi connectivity index (χ2v) is 7.05. The van der Waals surface area contributed by atoms with Crippen molar-refractivity contribution in [3.63, 3.8) is 0 Å². The Morgan fingerprint density at radius 1 is 1.14 bits per heavy atom. The summed E-state index contributed by atoms with van der Waals surface area (Å²) in [6.45, 7) is 3.88. The molecule has 0 amide bonds. The van der Waals surface area contributed by atoms with Crippen molar-refractivity contribution in [3.05, 3.63) is 91.2 Å². The molecule has 0 radical (unpaired) electrons. The maximum atomic E-state index is 11.0. The number of benzene rings is 2. The first-order chi connectivity index (χ1) is 13.3. The van der Waals surface area contributed by atoms with Gasteiger partial charge >= 0.3 is 0 Å². The molecule has 0 saturated carbocycles. The number of hydrogen-bond acceptors (Lipinski definition) is 3. The molecule has 140 valence electrons. The van der Waals surface area contributed by atoms with Crippen molar-refractivity contribution >= 4 is 40.5 Å². The van der Waals surface area contributed by atoms with Gasteiger partial charge < -0.3 is 4.57 Å². The van der Waals surface area contributed by atoms with Gasteiger partial charge in [-0.25, -0.2) is 0 Å². The van der Waals surface area contributed by atoms with Crippen LogP contribution in [-0.4, -0.2) is 9.49 Å². The predicted octanol–water partition coefficient (Wildman–Crippen LogP) is 6.37. The average Bonchev–Trinajstić information content (AvgIpc) is 2.95. The van der Waals surface area contributed by atoms with Crippen LogP contribution in [0.5, 0.6) is 0 Å². The van der Waals surface area contributed by atoms with E-state index in [2.05, 4.69) is 6.07 Å². The summed E-state index contributed by atoms with van der Waals surface area (Å²) >= 11 is 12.2. The molecular formula is C21H15Cl2N3O2. The molecule has 3 rings (SSSR count). The Bertz CT molecular complexity index is 1160. The third kappa shape index (κ3) is 3.79. The SMILES string of the molecule is Cc1cc(/C=C(\C#N)c2cccc([N+](=O)[O-])c2)c(C)n1-c1ccc(Cl)c(Cl)c1. The van der Waals surface area contributed by atoms with Gasteiger partial charge in [-0.05, 0) is 55.3 Å². The summed E-state index contributed by atoms with van der Waals surface area (Å²) in [6.07, 6.45) is 1.73. The van der Waals surface area contributed by atoms with Crippen LogP contribution < -0.4 is 0 Å². The standard InChI is InChI=1S/C21H15Cl2N3O2/c1-13-8-16(14(2)25(13)18-6-7-20(22)21(23)11-18)9-17(12-24)15-4-3-5-19(10-15)26(27)28/h3-11H,1-2H3/b17-9+. The molecular weight excluding hydrogens is 397 g/mol. The van der Waals surface area contributed by atoms with E-state index in [1.54, 1.807) is 30.3 Å². The van der Waals surface area contributed by atoms with Crippen LogP contribution >= 0.6 is 23.2 Å². The lowest BCUT2D eigenvalue weighted by Crippen LogP contribution is -1.99. The molecule has 3 aromatic rings. The second kappa shape index (κ2) is 7.89. The maximum absolute atomic E-state index is 11.0. The summed E-state index contributed by atoms with van der Waals surface area (Å²) in [7, 11) is 0. The molecule has 1 heterocycles. The summed E-state index contributed by atoms with van der Waals surface area (Å²) in [5, 5.41) is 21.5. The number of nitrogens with zero attached hydrogens (tertiary/aromatic N) is 3. The molecule has 0 aliphatic rings. The number of nitriles is 1. The lowest BCUT2D eigenvalue weighted by molar-refractivity contribution is -0.384. The van der Waals surface area contributed by atoms with Crippen LogP contribution in [0.25, 0.3) is 17.3 Å². The van der Waals surface area contributed by atoms with E-state index < -0.39 is 4.92 Å². The fourth-order valence-corrected chi connectivity index (χ4v) is 3.37. The molecule has 28 heavy (non-hydrogen) atoms. The third-order valence-corrected chi connectivity index (χ3v) is 5.16. The molecule has 0 fully saturated rings. The van der Waals surface area contributed by atoms with Crippen molar-refractivity contribution in [1.82, 2.24) is 4.57 Å². The fourth-order valence-electron chi connectivity index (χ4n) is 3.08. The first-order valence-electron chi connectivity index (χ1n) is 8.33. The number of nitro groups is 1. The van der Waals surface area contributed by atoms with E-state index in [1.165, 1.54) is 12.1 Å². The second-order valence-electron chi connectivity index (χ2n) is 6.24. The van der Waals surface area contributed by atoms with Gasteiger partial charge in [-0.3, -0.25) is 10.1 Å². The zero-order valence-electron chi connectivity index (χ0n) is 15.1. The van der Waals surface area contributed by atoms with Gasteiger partial charge in [0.25, 0.3) is 5.69 Å². The number of nitro benzene ring substituents is 1. The topological polar surface area (TPSA) is 71.9 Å². The molecule has 0 aliphatic heterocycles. The van der Waals surface area contributed by atoms with Gasteiger partial charge in [-0.2, -0.15) is 5.26 Å². The molecule has 0 aliphatic carbocycles. The van der Waals surface area contributed by atoms with E-state index in [9.17, 15) is 15.4 Å². The minimum absolute atomic E-state index is 0.0556. The quantitative estimate of drug-likeness (QED) is 0.284. The number of hydrogen-bond donors (Lipinski definition) is 0. The average molecular weight is 412 g/mol. The van der Waals surface area contributed by atoms with Gasteiger partial charge in [-0.15, -0.1) is 0 Å². The number of aromatic nitrogens is 1. The minimum atomic E-state index is -0.478. The molecule has 0 bridgehead atoms. The predicted molar refractivity (Wildman–Crippen MR) is 112 cm³/mol. The van der Waals surface area contributed by atoms with Gasteiger partial charge in [0.2, 0.25) is 0 Å². The monoisotopic (exact) mass is 411 g/mol. The third-order valence-electron chi connectivity index (χ3n) is 4.42. The first kappa shape index (κ1) is 19.7. The zero-order valence-corrected chi connectivity index (χ0v) is 16.6. The Labute approximate surface area is 172 Å². The van der Waals surface area contributed by atoms with Crippen molar-refractivity contribution < 1.29 is 4.92 Å². The van der Waals surface area contributed by atoms with Crippen LogP contribution in [0, 0.1) is 35.3 Å². The van der Waals surface area contributed by atoms with Crippen LogP contribution in [0.4, 0.5) is 5.69 Å². The van der Waals surface area contributed by atoms with E-state index in [0.29, 0.717) is 21.2 Å². The zero-order chi connectivity index (χ0) is 20.4. The van der Waals surface area contributed by atoms with Crippen molar-refractivity contribution in [1.29, 1.82) is 5.26 Å². The van der Waals surface area contributed by atoms with Crippen molar-refractivity contribution in [3.8, 4) is 11.8 Å². The Morgan fingerprint density at radius 2 is 1.89 bits per heavy atom. The summed E-state index contributed by atoms with van der Waals surface area (Å²) in [4.78, 5) is 10.5. The molecule has 0 saturated heterocycles. The van der Waals surface area contributed by atoms with E-state index in [0.717, 1.165) is 22.6 Å². The van der Waals surface area contributed by atoms with Crippen LogP contribution in [0.2, 0.25) is 10.0 Å². The van der Waals surface area contributed by atoms with E-state index >= 15 is 0 Å². The van der Waals surface area contributed by atoms with Gasteiger partial charge in [0.05, 0.1) is 26.6 Å². The fraction of sp³-hybridized carbons (Fsp3) is 0.0952. The smallest absolute Gasteiger partial charge is 0.270 e. The summed E-state index contributed by atoms with van der Waals surface area (Å²) in [5.41, 5.74) is 4.35. The maximum Gasteiger partial charge on any atom is 0.270 e. The highest BCUT2D eigenvalue weighted by Gasteiger charge is 2.13. The number of rotatable bonds is 4. The number of aryl methyl sites for hydroxylation is 1. The minimum Gasteiger partial charge on any atom is -0.318 e. The lowest BCUT2D eigenvalue weighted by Gasteiger charge is -2.10. The molecule has 0 atom stereocenters. The number of halogens is 2. The van der Waals surface area contributed by atoms with Crippen LogP contribution in [0.15, 0.2) is 48.5 Å². The summed E-state index contributed by atoms with van der Waals surface area (Å²) in [5.74, 6) is 0. The number of non-ortho nitro benzene ring substituents is 1. The Morgan fingerprint density at radius 3 is 2.54 bits per heavy atom. The summed E-state index contributed by atoms with van der Waals surface area (Å²) < 4.78 is 2.01. The molecule has 2 aromatic carbocycles. The highest BCUT2D eigenvalue weighted by atomic mass is 35.5. The van der Waals surface area contributed by atoms with Gasteiger partial charge in [-0.1, -0.05) is 35.3 Å². The largest absolute Gasteiger partial charge is 0.318 e. The molecule has 1 aromatic heterocycles. The molecule has 0 spiro atoms. The lowest BCUT2D eigenvalue weighted by atomic mass is 10.0. The first-order valence-corrected chi connectivity index (χ1v) is 9.08. The van der Waals surface area contributed by atoms with E-state index in [4.69, 9.17) is 23.2 Å². The molecule has 0 N–H and O–H groups in total. The Hall–Kier alpha value is -3.07. The highest BCUT2D eigenvalue weighted by molar-refractivity contribution is 6.42. The van der Waals surface area contributed by atoms with Crippen molar-refractivity contribution in [2.24, 2.45) is 0 Å². The summed E-state index contributed by atoms with van der Waals surface area (Å²) in [6, 6.07) is 15.5. The highest BCUT2D eigenvalue weighted by Crippen LogP contribution is 2.29. The number of allylic oxidation sites excluding steroid dienone is 1. The normalized spacial score (nSPS) is 11.3. The van der Waals surface area contributed by atoms with Crippen molar-refractivity contribution in [2.45, 2.75) is 13.8 Å². The van der Waals surface area contributed by atoms with Crippen LogP contribution in [0.1, 0.15) is 22.5 Å². The van der Waals surface area contributed by atoms with Crippen molar-refractivity contribution in [2.75, 3.05) is 0 Å². The van der Waals surface area contributed by atoms with Crippen LogP contribution in [0.3, 0.4) is 0 Å². The molecule has 0 unspecified atom stereocenters. The Kier molecular flexibility index (Phi) is 5.55. The van der Waals surface area contributed by atoms with E-state index in [1.807, 2.05) is 30.5 Å². The van der Waals surface area contributed by atoms with E-state index in [-0.39, 0.29) is 5.69 Å². The molecule has 5 nitrogen and oxygen atoms in total. The Balaban J connectivity index is 2.09. The van der Waals surface area contributed by atoms with Crippen LogP contribution in [-0.2, 0) is 0 Å². The van der Waals surface area contributed by atoms with Gasteiger partial charge in [0.1, 0.15) is 0 Å².